The Bertz CT molecular complexity index is 754. The molecule has 0 atom stereocenters. The Morgan fingerprint density at radius 3 is 2.42 bits per heavy atom. The molecule has 0 unspecified atom stereocenters. The normalized spacial score (nSPS) is 14.8. The highest BCUT2D eigenvalue weighted by molar-refractivity contribution is 5.98. The van der Waals surface area contributed by atoms with E-state index in [2.05, 4.69) is 6.07 Å². The van der Waals surface area contributed by atoms with E-state index in [4.69, 9.17) is 4.74 Å². The summed E-state index contributed by atoms with van der Waals surface area (Å²) < 4.78 is 5.58. The fourth-order valence-electron chi connectivity index (χ4n) is 3.34. The fourth-order valence-corrected chi connectivity index (χ4v) is 3.34. The number of esters is 1. The number of hydrogen-bond donors (Lipinski definition) is 0. The maximum Gasteiger partial charge on any atom is 0.338 e. The molecule has 2 aromatic rings. The molecule has 1 saturated carbocycles. The van der Waals surface area contributed by atoms with E-state index in [0.29, 0.717) is 23.7 Å². The number of carbonyl (C=O) groups is 1. The first kappa shape index (κ1) is 16.3. The van der Waals surface area contributed by atoms with Crippen molar-refractivity contribution >= 4 is 5.97 Å². The summed E-state index contributed by atoms with van der Waals surface area (Å²) in [6, 6.07) is 16.9. The lowest BCUT2D eigenvalue weighted by Gasteiger charge is -2.21. The average molecular weight is 319 g/mol. The third-order valence-corrected chi connectivity index (χ3v) is 4.66. The molecule has 0 radical (unpaired) electrons. The molecular formula is C21H21NO2. The Morgan fingerprint density at radius 2 is 1.67 bits per heavy atom. The van der Waals surface area contributed by atoms with E-state index in [0.717, 1.165) is 24.0 Å². The van der Waals surface area contributed by atoms with Gasteiger partial charge in [0.25, 0.3) is 0 Å². The quantitative estimate of drug-likeness (QED) is 0.748. The Balaban J connectivity index is 1.81. The highest BCUT2D eigenvalue weighted by Crippen LogP contribution is 2.28. The molecule has 3 nitrogen and oxygen atoms in total. The maximum atomic E-state index is 12.6. The predicted octanol–water partition coefficient (Wildman–Crippen LogP) is 4.96. The third-order valence-electron chi connectivity index (χ3n) is 4.66. The van der Waals surface area contributed by atoms with E-state index in [9.17, 15) is 10.1 Å². The molecule has 1 aliphatic carbocycles. The lowest BCUT2D eigenvalue weighted by molar-refractivity contribution is 0.0411. The minimum absolute atomic E-state index is 0.302. The zero-order chi connectivity index (χ0) is 16.8. The minimum atomic E-state index is -0.302. The maximum absolute atomic E-state index is 12.6. The molecule has 0 saturated heterocycles. The van der Waals surface area contributed by atoms with E-state index in [1.54, 1.807) is 12.1 Å². The highest BCUT2D eigenvalue weighted by atomic mass is 16.5. The van der Waals surface area contributed by atoms with Crippen LogP contribution in [-0.4, -0.2) is 12.6 Å². The van der Waals surface area contributed by atoms with E-state index in [1.165, 1.54) is 19.3 Å². The molecule has 0 aliphatic heterocycles. The summed E-state index contributed by atoms with van der Waals surface area (Å²) in [6.07, 6.45) is 6.04. The van der Waals surface area contributed by atoms with Crippen molar-refractivity contribution in [1.29, 1.82) is 5.26 Å². The number of nitriles is 1. The number of benzene rings is 2. The molecule has 0 spiro atoms. The molecule has 2 aromatic carbocycles. The summed E-state index contributed by atoms with van der Waals surface area (Å²) in [4.78, 5) is 12.6. The standard InChI is InChI=1S/C21H21NO2/c22-14-17-10-4-5-11-18(17)19-12-6-7-13-20(19)21(23)24-15-16-8-2-1-3-9-16/h4-7,10-13,16H,1-3,8-9,15H2. The number of rotatable bonds is 4. The Kier molecular flexibility index (Phi) is 5.28. The molecule has 0 heterocycles. The molecular weight excluding hydrogens is 298 g/mol. The van der Waals surface area contributed by atoms with Crippen LogP contribution in [0.5, 0.6) is 0 Å². The van der Waals surface area contributed by atoms with Crippen molar-refractivity contribution in [2.75, 3.05) is 6.61 Å². The van der Waals surface area contributed by atoms with Gasteiger partial charge < -0.3 is 4.74 Å². The van der Waals surface area contributed by atoms with Crippen molar-refractivity contribution in [3.05, 3.63) is 59.7 Å². The largest absolute Gasteiger partial charge is 0.462 e. The molecule has 0 amide bonds. The summed E-state index contributed by atoms with van der Waals surface area (Å²) in [6.45, 7) is 0.493. The predicted molar refractivity (Wildman–Crippen MR) is 93.5 cm³/mol. The monoisotopic (exact) mass is 319 g/mol. The molecule has 0 bridgehead atoms. The van der Waals surface area contributed by atoms with Gasteiger partial charge in [0, 0.05) is 5.56 Å². The average Bonchev–Trinajstić information content (AvgIpc) is 2.67. The van der Waals surface area contributed by atoms with Crippen LogP contribution in [-0.2, 0) is 4.74 Å². The molecule has 1 fully saturated rings. The van der Waals surface area contributed by atoms with Gasteiger partial charge in [-0.3, -0.25) is 0 Å². The van der Waals surface area contributed by atoms with Gasteiger partial charge in [0.15, 0.2) is 0 Å². The molecule has 1 aliphatic rings. The Morgan fingerprint density at radius 1 is 1.00 bits per heavy atom. The number of carbonyl (C=O) groups excluding carboxylic acids is 1. The summed E-state index contributed by atoms with van der Waals surface area (Å²) in [7, 11) is 0. The lowest BCUT2D eigenvalue weighted by Crippen LogP contribution is -2.17. The summed E-state index contributed by atoms with van der Waals surface area (Å²) >= 11 is 0. The van der Waals surface area contributed by atoms with Gasteiger partial charge in [-0.05, 0) is 36.5 Å². The topological polar surface area (TPSA) is 50.1 Å². The van der Waals surface area contributed by atoms with Gasteiger partial charge >= 0.3 is 5.97 Å². The number of hydrogen-bond acceptors (Lipinski definition) is 3. The van der Waals surface area contributed by atoms with Gasteiger partial charge in [-0.1, -0.05) is 55.7 Å². The van der Waals surface area contributed by atoms with Crippen LogP contribution in [0.2, 0.25) is 0 Å². The van der Waals surface area contributed by atoms with Gasteiger partial charge in [0.2, 0.25) is 0 Å². The highest BCUT2D eigenvalue weighted by Gasteiger charge is 2.19. The van der Waals surface area contributed by atoms with Gasteiger partial charge in [-0.15, -0.1) is 0 Å². The molecule has 122 valence electrons. The number of ether oxygens (including phenoxy) is 1. The Labute approximate surface area is 142 Å². The van der Waals surface area contributed by atoms with Crippen LogP contribution in [0, 0.1) is 17.2 Å². The fraction of sp³-hybridized carbons (Fsp3) is 0.333. The molecule has 0 aromatic heterocycles. The van der Waals surface area contributed by atoms with Gasteiger partial charge in [0.05, 0.1) is 23.8 Å². The first-order valence-corrected chi connectivity index (χ1v) is 8.55. The van der Waals surface area contributed by atoms with Crippen LogP contribution in [0.1, 0.15) is 48.0 Å². The zero-order valence-electron chi connectivity index (χ0n) is 13.7. The molecule has 3 rings (SSSR count). The van der Waals surface area contributed by atoms with Gasteiger partial charge in [0.1, 0.15) is 0 Å². The second-order valence-electron chi connectivity index (χ2n) is 6.31. The SMILES string of the molecule is N#Cc1ccccc1-c1ccccc1C(=O)OCC1CCCCC1. The zero-order valence-corrected chi connectivity index (χ0v) is 13.7. The van der Waals surface area contributed by atoms with Crippen molar-refractivity contribution in [3.63, 3.8) is 0 Å². The van der Waals surface area contributed by atoms with Gasteiger partial charge in [-0.2, -0.15) is 5.26 Å². The van der Waals surface area contributed by atoms with Crippen molar-refractivity contribution in [2.45, 2.75) is 32.1 Å². The smallest absolute Gasteiger partial charge is 0.338 e. The molecule has 24 heavy (non-hydrogen) atoms. The first-order valence-electron chi connectivity index (χ1n) is 8.55. The van der Waals surface area contributed by atoms with E-state index >= 15 is 0 Å². The van der Waals surface area contributed by atoms with E-state index in [-0.39, 0.29) is 5.97 Å². The van der Waals surface area contributed by atoms with Crippen molar-refractivity contribution in [3.8, 4) is 17.2 Å². The third kappa shape index (κ3) is 3.65. The number of nitrogens with zero attached hydrogens (tertiary/aromatic N) is 1. The van der Waals surface area contributed by atoms with Crippen LogP contribution < -0.4 is 0 Å². The van der Waals surface area contributed by atoms with Crippen molar-refractivity contribution in [1.82, 2.24) is 0 Å². The van der Waals surface area contributed by atoms with Crippen molar-refractivity contribution in [2.24, 2.45) is 5.92 Å². The minimum Gasteiger partial charge on any atom is -0.462 e. The van der Waals surface area contributed by atoms with Crippen LogP contribution in [0.4, 0.5) is 0 Å². The van der Waals surface area contributed by atoms with Crippen molar-refractivity contribution < 1.29 is 9.53 Å². The lowest BCUT2D eigenvalue weighted by atomic mass is 9.90. The second kappa shape index (κ2) is 7.79. The van der Waals surface area contributed by atoms with Crippen LogP contribution in [0.25, 0.3) is 11.1 Å². The summed E-state index contributed by atoms with van der Waals surface area (Å²) in [5.74, 6) is 0.185. The second-order valence-corrected chi connectivity index (χ2v) is 6.31. The molecule has 0 N–H and O–H groups in total. The first-order chi connectivity index (χ1) is 11.8. The van der Waals surface area contributed by atoms with Crippen LogP contribution in [0.15, 0.2) is 48.5 Å². The summed E-state index contributed by atoms with van der Waals surface area (Å²) in [5, 5.41) is 9.32. The van der Waals surface area contributed by atoms with Gasteiger partial charge in [-0.25, -0.2) is 4.79 Å². The Hall–Kier alpha value is -2.60. The van der Waals surface area contributed by atoms with E-state index < -0.39 is 0 Å². The van der Waals surface area contributed by atoms with E-state index in [1.807, 2.05) is 36.4 Å². The summed E-state index contributed by atoms with van der Waals surface area (Å²) in [5.41, 5.74) is 2.61. The van der Waals surface area contributed by atoms with Crippen LogP contribution in [0.3, 0.4) is 0 Å². The van der Waals surface area contributed by atoms with Crippen LogP contribution >= 0.6 is 0 Å². The molecule has 3 heteroatoms.